The maximum absolute atomic E-state index is 14.0. The number of likely N-dealkylation sites (tertiary alicyclic amines) is 1. The van der Waals surface area contributed by atoms with Gasteiger partial charge in [0.05, 0.1) is 5.56 Å². The standard InChI is InChI=1S/C22H19BrF2N4O2S/c23-13-6-4-12(5-7-13)21(31)29-10-8-14(9-11-29)27-22-28-20(26)19(32-22)18(30)17-15(24)2-1-3-16(17)25/h1-7,14H,8-11,26H2,(H,27,28). The van der Waals surface area contributed by atoms with Crippen LogP contribution in [0.25, 0.3) is 0 Å². The first-order valence-electron chi connectivity index (χ1n) is 9.90. The Morgan fingerprint density at radius 1 is 1.09 bits per heavy atom. The molecule has 3 N–H and O–H groups in total. The number of nitrogens with one attached hydrogen (secondary N) is 1. The first kappa shape index (κ1) is 22.3. The number of anilines is 2. The summed E-state index contributed by atoms with van der Waals surface area (Å²) in [6.07, 6.45) is 1.37. The van der Waals surface area contributed by atoms with Crippen molar-refractivity contribution in [3.8, 4) is 0 Å². The summed E-state index contributed by atoms with van der Waals surface area (Å²) in [6, 6.07) is 10.5. The van der Waals surface area contributed by atoms with Crippen molar-refractivity contribution >= 4 is 49.9 Å². The fraction of sp³-hybridized carbons (Fsp3) is 0.227. The third-order valence-corrected chi connectivity index (χ3v) is 6.78. The van der Waals surface area contributed by atoms with Gasteiger partial charge in [-0.3, -0.25) is 9.59 Å². The van der Waals surface area contributed by atoms with Gasteiger partial charge in [-0.1, -0.05) is 33.3 Å². The smallest absolute Gasteiger partial charge is 0.253 e. The number of thiazole rings is 1. The summed E-state index contributed by atoms with van der Waals surface area (Å²) >= 11 is 4.32. The number of nitrogens with zero attached hydrogens (tertiary/aromatic N) is 2. The summed E-state index contributed by atoms with van der Waals surface area (Å²) in [5.41, 5.74) is 5.85. The van der Waals surface area contributed by atoms with E-state index in [2.05, 4.69) is 26.2 Å². The second-order valence-corrected chi connectivity index (χ2v) is 9.29. The number of halogens is 3. The van der Waals surface area contributed by atoms with Crippen LogP contribution in [0.5, 0.6) is 0 Å². The molecule has 0 atom stereocenters. The lowest BCUT2D eigenvalue weighted by molar-refractivity contribution is 0.0718. The van der Waals surface area contributed by atoms with E-state index in [4.69, 9.17) is 5.73 Å². The molecule has 4 rings (SSSR count). The number of ketones is 1. The van der Waals surface area contributed by atoms with Crippen molar-refractivity contribution in [2.45, 2.75) is 18.9 Å². The highest BCUT2D eigenvalue weighted by Crippen LogP contribution is 2.30. The van der Waals surface area contributed by atoms with Crippen LogP contribution in [-0.2, 0) is 0 Å². The maximum atomic E-state index is 14.0. The summed E-state index contributed by atoms with van der Waals surface area (Å²) in [5, 5.41) is 3.63. The molecular formula is C22H19BrF2N4O2S. The van der Waals surface area contributed by atoms with E-state index in [-0.39, 0.29) is 22.6 Å². The van der Waals surface area contributed by atoms with Crippen LogP contribution in [0.1, 0.15) is 38.4 Å². The second-order valence-electron chi connectivity index (χ2n) is 7.38. The van der Waals surface area contributed by atoms with Gasteiger partial charge in [0, 0.05) is 29.2 Å². The number of carbonyl (C=O) groups excluding carboxylic acids is 2. The third-order valence-electron chi connectivity index (χ3n) is 5.25. The highest BCUT2D eigenvalue weighted by Gasteiger charge is 2.27. The number of nitrogen functional groups attached to an aromatic ring is 1. The number of aromatic nitrogens is 1. The summed E-state index contributed by atoms with van der Waals surface area (Å²) in [5.74, 6) is -2.82. The van der Waals surface area contributed by atoms with Crippen molar-refractivity contribution in [3.63, 3.8) is 0 Å². The van der Waals surface area contributed by atoms with E-state index in [1.807, 2.05) is 12.1 Å². The van der Waals surface area contributed by atoms with Crippen molar-refractivity contribution in [1.29, 1.82) is 0 Å². The molecular weight excluding hydrogens is 502 g/mol. The molecule has 0 spiro atoms. The molecule has 0 unspecified atom stereocenters. The van der Waals surface area contributed by atoms with Crippen LogP contribution in [0.3, 0.4) is 0 Å². The molecule has 6 nitrogen and oxygen atoms in total. The number of hydrogen-bond acceptors (Lipinski definition) is 6. The van der Waals surface area contributed by atoms with Crippen LogP contribution in [0.15, 0.2) is 46.9 Å². The normalized spacial score (nSPS) is 14.4. The van der Waals surface area contributed by atoms with Gasteiger partial charge in [-0.05, 0) is 49.2 Å². The Bertz CT molecular complexity index is 1140. The highest BCUT2D eigenvalue weighted by atomic mass is 79.9. The molecule has 2 heterocycles. The van der Waals surface area contributed by atoms with Gasteiger partial charge in [0.1, 0.15) is 22.3 Å². The average molecular weight is 521 g/mol. The number of nitrogens with two attached hydrogens (primary N) is 1. The van der Waals surface area contributed by atoms with Gasteiger partial charge in [0.2, 0.25) is 5.78 Å². The molecule has 3 aromatic rings. The molecule has 1 aliphatic heterocycles. The molecule has 166 valence electrons. The molecule has 1 amide bonds. The van der Waals surface area contributed by atoms with Crippen LogP contribution in [-0.4, -0.2) is 40.7 Å². The number of amides is 1. The van der Waals surface area contributed by atoms with E-state index in [9.17, 15) is 18.4 Å². The summed E-state index contributed by atoms with van der Waals surface area (Å²) in [4.78, 5) is 31.2. The first-order chi connectivity index (χ1) is 15.3. The van der Waals surface area contributed by atoms with E-state index in [1.54, 1.807) is 17.0 Å². The molecule has 0 bridgehead atoms. The van der Waals surface area contributed by atoms with Crippen molar-refractivity contribution in [1.82, 2.24) is 9.88 Å². The predicted molar refractivity (Wildman–Crippen MR) is 123 cm³/mol. The molecule has 2 aromatic carbocycles. The van der Waals surface area contributed by atoms with Crippen molar-refractivity contribution in [3.05, 3.63) is 74.6 Å². The van der Waals surface area contributed by atoms with E-state index in [0.717, 1.165) is 27.9 Å². The molecule has 10 heteroatoms. The third kappa shape index (κ3) is 4.66. The van der Waals surface area contributed by atoms with E-state index in [1.165, 1.54) is 6.07 Å². The molecule has 1 saturated heterocycles. The Morgan fingerprint density at radius 3 is 2.34 bits per heavy atom. The Hall–Kier alpha value is -2.85. The SMILES string of the molecule is Nc1nc(NC2CCN(C(=O)c3ccc(Br)cc3)CC2)sc1C(=O)c1c(F)cccc1F. The Morgan fingerprint density at radius 2 is 1.72 bits per heavy atom. The molecule has 1 aromatic heterocycles. The molecule has 32 heavy (non-hydrogen) atoms. The quantitative estimate of drug-likeness (QED) is 0.475. The molecule has 1 fully saturated rings. The lowest BCUT2D eigenvalue weighted by Gasteiger charge is -2.32. The van der Waals surface area contributed by atoms with Crippen molar-refractivity contribution in [2.75, 3.05) is 24.1 Å². The van der Waals surface area contributed by atoms with Gasteiger partial charge >= 0.3 is 0 Å². The first-order valence-corrected chi connectivity index (χ1v) is 11.5. The molecule has 0 aliphatic carbocycles. The fourth-order valence-electron chi connectivity index (χ4n) is 3.56. The Balaban J connectivity index is 1.39. The van der Waals surface area contributed by atoms with Gasteiger partial charge in [0.15, 0.2) is 5.13 Å². The van der Waals surface area contributed by atoms with E-state index >= 15 is 0 Å². The van der Waals surface area contributed by atoms with E-state index < -0.39 is 23.0 Å². The van der Waals surface area contributed by atoms with Crippen LogP contribution in [0.4, 0.5) is 19.7 Å². The molecule has 0 radical (unpaired) electrons. The summed E-state index contributed by atoms with van der Waals surface area (Å²) in [7, 11) is 0. The number of hydrogen-bond donors (Lipinski definition) is 2. The molecule has 1 aliphatic rings. The maximum Gasteiger partial charge on any atom is 0.253 e. The zero-order chi connectivity index (χ0) is 22.8. The lowest BCUT2D eigenvalue weighted by atomic mass is 10.0. The predicted octanol–water partition coefficient (Wildman–Crippen LogP) is 4.71. The van der Waals surface area contributed by atoms with Crippen LogP contribution >= 0.6 is 27.3 Å². The summed E-state index contributed by atoms with van der Waals surface area (Å²) in [6.45, 7) is 1.14. The fourth-order valence-corrected chi connectivity index (χ4v) is 4.73. The monoisotopic (exact) mass is 520 g/mol. The van der Waals surface area contributed by atoms with Crippen LogP contribution < -0.4 is 11.1 Å². The van der Waals surface area contributed by atoms with Crippen molar-refractivity contribution < 1.29 is 18.4 Å². The van der Waals surface area contributed by atoms with Crippen molar-refractivity contribution in [2.24, 2.45) is 0 Å². The summed E-state index contributed by atoms with van der Waals surface area (Å²) < 4.78 is 28.9. The lowest BCUT2D eigenvalue weighted by Crippen LogP contribution is -2.42. The zero-order valence-corrected chi connectivity index (χ0v) is 19.2. The van der Waals surface area contributed by atoms with Gasteiger partial charge < -0.3 is 16.0 Å². The minimum atomic E-state index is -0.944. The van der Waals surface area contributed by atoms with Gasteiger partial charge in [-0.2, -0.15) is 0 Å². The van der Waals surface area contributed by atoms with Gasteiger partial charge in [-0.15, -0.1) is 0 Å². The van der Waals surface area contributed by atoms with Gasteiger partial charge in [-0.25, -0.2) is 13.8 Å². The molecule has 0 saturated carbocycles. The van der Waals surface area contributed by atoms with Crippen LogP contribution in [0.2, 0.25) is 0 Å². The number of benzene rings is 2. The number of carbonyl (C=O) groups is 2. The largest absolute Gasteiger partial charge is 0.382 e. The number of piperidine rings is 1. The topological polar surface area (TPSA) is 88.3 Å². The van der Waals surface area contributed by atoms with Gasteiger partial charge in [0.25, 0.3) is 5.91 Å². The Kier molecular flexibility index (Phi) is 6.52. The average Bonchev–Trinajstić information content (AvgIpc) is 3.14. The Labute approximate surface area is 195 Å². The zero-order valence-electron chi connectivity index (χ0n) is 16.8. The highest BCUT2D eigenvalue weighted by molar-refractivity contribution is 9.10. The van der Waals surface area contributed by atoms with E-state index in [0.29, 0.717) is 36.6 Å². The second kappa shape index (κ2) is 9.33. The van der Waals surface area contributed by atoms with Crippen LogP contribution in [0, 0.1) is 11.6 Å². The minimum Gasteiger partial charge on any atom is -0.382 e. The minimum absolute atomic E-state index is 0.0145. The number of rotatable bonds is 5.